The van der Waals surface area contributed by atoms with Gasteiger partial charge in [0.1, 0.15) is 0 Å². The Labute approximate surface area is 156 Å². The number of nitrogens with zero attached hydrogens (tertiary/aromatic N) is 2. The third kappa shape index (κ3) is 3.74. The van der Waals surface area contributed by atoms with Gasteiger partial charge in [-0.05, 0) is 37.1 Å². The quantitative estimate of drug-likeness (QED) is 0.594. The van der Waals surface area contributed by atoms with Gasteiger partial charge in [-0.3, -0.25) is 19.1 Å². The van der Waals surface area contributed by atoms with Gasteiger partial charge in [0.15, 0.2) is 4.90 Å². The molecule has 0 atom stereocenters. The van der Waals surface area contributed by atoms with Crippen LogP contribution in [0.5, 0.6) is 0 Å². The molecule has 0 bridgehead atoms. The first-order valence-electron chi connectivity index (χ1n) is 7.99. The molecular weight excluding hydrogens is 394 g/mol. The number of para-hydroxylation sites is 1. The molecule has 9 nitrogen and oxygen atoms in total. The summed E-state index contributed by atoms with van der Waals surface area (Å²) in [5.74, 6) is 0.0398. The minimum absolute atomic E-state index is 0.0398. The van der Waals surface area contributed by atoms with Crippen molar-refractivity contribution in [1.29, 1.82) is 0 Å². The van der Waals surface area contributed by atoms with E-state index in [1.54, 1.807) is 19.1 Å². The monoisotopic (exact) mass is 411 g/mol. The van der Waals surface area contributed by atoms with Crippen molar-refractivity contribution in [2.24, 2.45) is 0 Å². The Kier molecular flexibility index (Phi) is 4.82. The number of nitro groups is 1. The lowest BCUT2D eigenvalue weighted by Gasteiger charge is -2.19. The summed E-state index contributed by atoms with van der Waals surface area (Å²) in [6, 6.07) is 9.63. The molecule has 0 saturated carbocycles. The fraction of sp³-hybridized carbons (Fsp3) is 0.250. The second kappa shape index (κ2) is 6.82. The van der Waals surface area contributed by atoms with Crippen LogP contribution in [0.3, 0.4) is 0 Å². The number of nitro benzene ring substituents is 1. The van der Waals surface area contributed by atoms with Gasteiger partial charge in [-0.25, -0.2) is 16.8 Å². The molecule has 144 valence electrons. The Morgan fingerprint density at radius 1 is 1.19 bits per heavy atom. The van der Waals surface area contributed by atoms with Crippen LogP contribution in [0, 0.1) is 17.0 Å². The van der Waals surface area contributed by atoms with Crippen LogP contribution in [0.1, 0.15) is 12.0 Å². The number of anilines is 2. The third-order valence-electron chi connectivity index (χ3n) is 4.20. The smallest absolute Gasteiger partial charge is 0.279 e. The number of hydrogen-bond donors (Lipinski definition) is 1. The van der Waals surface area contributed by atoms with Gasteiger partial charge >= 0.3 is 0 Å². The van der Waals surface area contributed by atoms with Gasteiger partial charge in [0.25, 0.3) is 15.7 Å². The zero-order chi connectivity index (χ0) is 19.8. The van der Waals surface area contributed by atoms with E-state index < -0.39 is 35.6 Å². The van der Waals surface area contributed by atoms with Crippen molar-refractivity contribution in [3.63, 3.8) is 0 Å². The predicted octanol–water partition coefficient (Wildman–Crippen LogP) is 2.24. The molecule has 27 heavy (non-hydrogen) atoms. The number of rotatable bonds is 5. The van der Waals surface area contributed by atoms with Crippen molar-refractivity contribution in [3.8, 4) is 0 Å². The lowest BCUT2D eigenvalue weighted by atomic mass is 10.2. The standard InChI is InChI=1S/C16H17N3O6S2/c1-12-7-8-13(18-9-4-10-26(18,22)23)11-14(12)17-27(24,25)16-6-3-2-5-15(16)19(20)21/h2-3,5-8,11,17H,4,9-10H2,1H3. The molecule has 11 heteroatoms. The van der Waals surface area contributed by atoms with Gasteiger partial charge in [0.2, 0.25) is 10.0 Å². The van der Waals surface area contributed by atoms with Crippen molar-refractivity contribution in [1.82, 2.24) is 0 Å². The zero-order valence-electron chi connectivity index (χ0n) is 14.3. The van der Waals surface area contributed by atoms with Crippen LogP contribution in [-0.2, 0) is 20.0 Å². The van der Waals surface area contributed by atoms with E-state index in [0.29, 0.717) is 24.2 Å². The van der Waals surface area contributed by atoms with E-state index in [1.807, 2.05) is 0 Å². The maximum Gasteiger partial charge on any atom is 0.289 e. The predicted molar refractivity (Wildman–Crippen MR) is 101 cm³/mol. The lowest BCUT2D eigenvalue weighted by molar-refractivity contribution is -0.387. The van der Waals surface area contributed by atoms with E-state index in [-0.39, 0.29) is 11.4 Å². The summed E-state index contributed by atoms with van der Waals surface area (Å²) in [5.41, 5.74) is 0.518. The van der Waals surface area contributed by atoms with E-state index in [1.165, 1.54) is 22.5 Å². The van der Waals surface area contributed by atoms with Gasteiger partial charge in [-0.2, -0.15) is 0 Å². The van der Waals surface area contributed by atoms with Gasteiger partial charge < -0.3 is 0 Å². The first kappa shape index (κ1) is 19.1. The van der Waals surface area contributed by atoms with Crippen molar-refractivity contribution in [2.45, 2.75) is 18.2 Å². The van der Waals surface area contributed by atoms with Gasteiger partial charge in [0, 0.05) is 12.6 Å². The van der Waals surface area contributed by atoms with E-state index >= 15 is 0 Å². The highest BCUT2D eigenvalue weighted by Crippen LogP contribution is 2.31. The molecule has 0 radical (unpaired) electrons. The minimum Gasteiger partial charge on any atom is -0.279 e. The fourth-order valence-corrected chi connectivity index (χ4v) is 5.69. The lowest BCUT2D eigenvalue weighted by Crippen LogP contribution is -2.25. The highest BCUT2D eigenvalue weighted by molar-refractivity contribution is 7.93. The van der Waals surface area contributed by atoms with Gasteiger partial charge in [0.05, 0.1) is 22.1 Å². The molecule has 3 rings (SSSR count). The normalized spacial score (nSPS) is 16.3. The molecule has 0 unspecified atom stereocenters. The fourth-order valence-electron chi connectivity index (χ4n) is 2.84. The van der Waals surface area contributed by atoms with Crippen LogP contribution in [0.15, 0.2) is 47.4 Å². The highest BCUT2D eigenvalue weighted by atomic mass is 32.2. The second-order valence-electron chi connectivity index (χ2n) is 6.07. The Hall–Kier alpha value is -2.66. The molecule has 2 aromatic rings. The molecular formula is C16H17N3O6S2. The van der Waals surface area contributed by atoms with Crippen LogP contribution >= 0.6 is 0 Å². The van der Waals surface area contributed by atoms with E-state index in [0.717, 1.165) is 12.1 Å². The third-order valence-corrected chi connectivity index (χ3v) is 7.49. The second-order valence-corrected chi connectivity index (χ2v) is 9.73. The largest absolute Gasteiger partial charge is 0.289 e. The number of nitrogens with one attached hydrogen (secondary N) is 1. The molecule has 0 aliphatic carbocycles. The van der Waals surface area contributed by atoms with Crippen LogP contribution < -0.4 is 9.03 Å². The molecule has 1 fully saturated rings. The molecule has 2 aromatic carbocycles. The van der Waals surface area contributed by atoms with Crippen molar-refractivity contribution in [2.75, 3.05) is 21.3 Å². The van der Waals surface area contributed by atoms with Crippen LogP contribution in [0.25, 0.3) is 0 Å². The van der Waals surface area contributed by atoms with E-state index in [4.69, 9.17) is 0 Å². The summed E-state index contributed by atoms with van der Waals surface area (Å²) in [6.07, 6.45) is 0.494. The van der Waals surface area contributed by atoms with E-state index in [2.05, 4.69) is 4.72 Å². The Morgan fingerprint density at radius 2 is 1.89 bits per heavy atom. The Balaban J connectivity index is 2.01. The number of benzene rings is 2. The zero-order valence-corrected chi connectivity index (χ0v) is 16.0. The summed E-state index contributed by atoms with van der Waals surface area (Å²) in [6.45, 7) is 1.97. The Bertz CT molecular complexity index is 1110. The average molecular weight is 411 g/mol. The number of aryl methyl sites for hydroxylation is 1. The molecule has 1 aliphatic rings. The molecule has 0 aromatic heterocycles. The highest BCUT2D eigenvalue weighted by Gasteiger charge is 2.30. The average Bonchev–Trinajstić information content (AvgIpc) is 2.96. The van der Waals surface area contributed by atoms with Crippen molar-refractivity contribution >= 4 is 37.1 Å². The molecule has 1 heterocycles. The molecule has 0 amide bonds. The van der Waals surface area contributed by atoms with Crippen molar-refractivity contribution < 1.29 is 21.8 Å². The first-order valence-corrected chi connectivity index (χ1v) is 11.1. The minimum atomic E-state index is -4.24. The summed E-state index contributed by atoms with van der Waals surface area (Å²) in [4.78, 5) is 9.89. The number of sulfonamides is 2. The molecule has 0 spiro atoms. The molecule has 1 aliphatic heterocycles. The van der Waals surface area contributed by atoms with Crippen molar-refractivity contribution in [3.05, 3.63) is 58.1 Å². The van der Waals surface area contributed by atoms with E-state index in [9.17, 15) is 26.9 Å². The maximum atomic E-state index is 12.7. The van der Waals surface area contributed by atoms with Crippen LogP contribution in [0.2, 0.25) is 0 Å². The van der Waals surface area contributed by atoms with Gasteiger partial charge in [-0.1, -0.05) is 18.2 Å². The topological polar surface area (TPSA) is 127 Å². The summed E-state index contributed by atoms with van der Waals surface area (Å²) >= 11 is 0. The SMILES string of the molecule is Cc1ccc(N2CCCS2(=O)=O)cc1NS(=O)(=O)c1ccccc1[N+](=O)[O-]. The summed E-state index contributed by atoms with van der Waals surface area (Å²) < 4.78 is 53.1. The summed E-state index contributed by atoms with van der Waals surface area (Å²) in [5, 5.41) is 11.1. The maximum absolute atomic E-state index is 12.7. The van der Waals surface area contributed by atoms with Crippen LogP contribution in [0.4, 0.5) is 17.1 Å². The molecule has 1 saturated heterocycles. The summed E-state index contributed by atoms with van der Waals surface area (Å²) in [7, 11) is -7.66. The van der Waals surface area contributed by atoms with Crippen LogP contribution in [-0.4, -0.2) is 34.1 Å². The van der Waals surface area contributed by atoms with Gasteiger partial charge in [-0.15, -0.1) is 0 Å². The number of hydrogen-bond acceptors (Lipinski definition) is 6. The Morgan fingerprint density at radius 3 is 2.52 bits per heavy atom. The molecule has 1 N–H and O–H groups in total. The first-order chi connectivity index (χ1) is 12.6.